The van der Waals surface area contributed by atoms with Crippen LogP contribution in [-0.2, 0) is 0 Å². The summed E-state index contributed by atoms with van der Waals surface area (Å²) in [5.41, 5.74) is 0.929. The van der Waals surface area contributed by atoms with Crippen molar-refractivity contribution in [3.8, 4) is 22.6 Å². The predicted octanol–water partition coefficient (Wildman–Crippen LogP) is 6.53. The second kappa shape index (κ2) is 9.07. The van der Waals surface area contributed by atoms with Gasteiger partial charge in [0.15, 0.2) is 17.5 Å². The summed E-state index contributed by atoms with van der Waals surface area (Å²) in [4.78, 5) is 21.3. The van der Waals surface area contributed by atoms with E-state index in [1.807, 2.05) is 35.6 Å². The number of urea groups is 1. The number of benzene rings is 3. The zero-order valence-corrected chi connectivity index (χ0v) is 17.0. The number of rotatable bonds is 4. The number of amides is 2. The minimum Gasteiger partial charge on any atom is -0.304 e. The highest BCUT2D eigenvalue weighted by molar-refractivity contribution is 6.33. The van der Waals surface area contributed by atoms with Crippen molar-refractivity contribution in [2.45, 2.75) is 0 Å². The van der Waals surface area contributed by atoms with Gasteiger partial charge in [0.25, 0.3) is 0 Å². The van der Waals surface area contributed by atoms with Crippen LogP contribution in [0.2, 0.25) is 5.02 Å². The number of nitrogens with one attached hydrogen (secondary N) is 2. The van der Waals surface area contributed by atoms with Crippen molar-refractivity contribution in [2.75, 3.05) is 10.6 Å². The third kappa shape index (κ3) is 4.55. The molecule has 0 unspecified atom stereocenters. The normalized spacial score (nSPS) is 10.6. The van der Waals surface area contributed by atoms with E-state index < -0.39 is 29.2 Å². The molecule has 4 rings (SSSR count). The smallest absolute Gasteiger partial charge is 0.304 e. The number of hydrogen-bond donors (Lipinski definition) is 2. The van der Waals surface area contributed by atoms with E-state index in [4.69, 9.17) is 11.6 Å². The van der Waals surface area contributed by atoms with Crippen molar-refractivity contribution in [3.63, 3.8) is 0 Å². The minimum atomic E-state index is -1.25. The van der Waals surface area contributed by atoms with Gasteiger partial charge in [0.2, 0.25) is 0 Å². The maximum Gasteiger partial charge on any atom is 0.323 e. The maximum absolute atomic E-state index is 13.9. The predicted molar refractivity (Wildman–Crippen MR) is 117 cm³/mol. The molecular formula is C23H14ClF3N4O. The van der Waals surface area contributed by atoms with Gasteiger partial charge in [0.05, 0.1) is 22.6 Å². The number of carbonyl (C=O) groups is 1. The van der Waals surface area contributed by atoms with Gasteiger partial charge in [-0.3, -0.25) is 0 Å². The highest BCUT2D eigenvalue weighted by Gasteiger charge is 2.18. The Morgan fingerprint density at radius 1 is 0.875 bits per heavy atom. The van der Waals surface area contributed by atoms with Crippen LogP contribution in [0.4, 0.5) is 29.3 Å². The summed E-state index contributed by atoms with van der Waals surface area (Å²) in [6, 6.07) is 16.0. The number of anilines is 2. The topological polar surface area (TPSA) is 66.9 Å². The van der Waals surface area contributed by atoms with Crippen molar-refractivity contribution >= 4 is 29.0 Å². The van der Waals surface area contributed by atoms with Crippen molar-refractivity contribution in [1.29, 1.82) is 0 Å². The van der Waals surface area contributed by atoms with Crippen LogP contribution in [0.1, 0.15) is 0 Å². The van der Waals surface area contributed by atoms with E-state index in [1.165, 1.54) is 6.20 Å². The fourth-order valence-corrected chi connectivity index (χ4v) is 3.21. The van der Waals surface area contributed by atoms with Crippen molar-refractivity contribution in [1.82, 2.24) is 9.97 Å². The maximum atomic E-state index is 13.9. The molecule has 4 aromatic rings. The Bertz CT molecular complexity index is 1280. The van der Waals surface area contributed by atoms with Crippen molar-refractivity contribution in [2.24, 2.45) is 0 Å². The molecule has 0 atom stereocenters. The molecule has 32 heavy (non-hydrogen) atoms. The lowest BCUT2D eigenvalue weighted by Crippen LogP contribution is -2.22. The monoisotopic (exact) mass is 454 g/mol. The summed E-state index contributed by atoms with van der Waals surface area (Å²) >= 11 is 6.33. The summed E-state index contributed by atoms with van der Waals surface area (Å²) in [7, 11) is 0. The molecule has 5 nitrogen and oxygen atoms in total. The third-order valence-electron chi connectivity index (χ3n) is 4.44. The Hall–Kier alpha value is -3.91. The lowest BCUT2D eigenvalue weighted by molar-refractivity contribution is 0.262. The SMILES string of the molecule is O=C(Nc1cnc(-c2ccccc2)nc1-c1ccccc1Cl)Nc1c(F)cc(F)cc1F. The Morgan fingerprint density at radius 2 is 1.53 bits per heavy atom. The molecule has 2 N–H and O–H groups in total. The van der Waals surface area contributed by atoms with Crippen LogP contribution in [0.3, 0.4) is 0 Å². The van der Waals surface area contributed by atoms with E-state index >= 15 is 0 Å². The number of nitrogens with zero attached hydrogens (tertiary/aromatic N) is 2. The second-order valence-electron chi connectivity index (χ2n) is 6.63. The molecule has 0 aliphatic carbocycles. The van der Waals surface area contributed by atoms with E-state index in [1.54, 1.807) is 24.3 Å². The first-order valence-corrected chi connectivity index (χ1v) is 9.70. The lowest BCUT2D eigenvalue weighted by Gasteiger charge is -2.14. The van der Waals surface area contributed by atoms with E-state index in [0.717, 1.165) is 5.56 Å². The molecule has 9 heteroatoms. The first-order chi connectivity index (χ1) is 15.4. The second-order valence-corrected chi connectivity index (χ2v) is 7.03. The van der Waals surface area contributed by atoms with Crippen LogP contribution in [0.5, 0.6) is 0 Å². The molecular weight excluding hydrogens is 441 g/mol. The summed E-state index contributed by atoms with van der Waals surface area (Å²) in [6.45, 7) is 0. The fourth-order valence-electron chi connectivity index (χ4n) is 2.99. The molecule has 0 radical (unpaired) electrons. The van der Waals surface area contributed by atoms with Crippen LogP contribution in [0.25, 0.3) is 22.6 Å². The standard InChI is InChI=1S/C23H14ClF3N4O/c24-16-9-5-4-8-15(16)20-19(12-28-22(30-20)13-6-2-1-3-7-13)29-23(32)31-21-17(26)10-14(25)11-18(21)27/h1-12H,(H2,29,31,32). The Balaban J connectivity index is 1.70. The van der Waals surface area contributed by atoms with Gasteiger partial charge in [-0.2, -0.15) is 0 Å². The van der Waals surface area contributed by atoms with Crippen molar-refractivity contribution < 1.29 is 18.0 Å². The largest absolute Gasteiger partial charge is 0.323 e. The molecule has 0 spiro atoms. The number of halogens is 4. The van der Waals surface area contributed by atoms with Gasteiger partial charge >= 0.3 is 6.03 Å². The van der Waals surface area contributed by atoms with Gasteiger partial charge in [0, 0.05) is 23.3 Å². The van der Waals surface area contributed by atoms with Crippen molar-refractivity contribution in [3.05, 3.63) is 95.4 Å². The number of hydrogen-bond acceptors (Lipinski definition) is 3. The van der Waals surface area contributed by atoms with Crippen LogP contribution in [0, 0.1) is 17.5 Å². The van der Waals surface area contributed by atoms with Crippen LogP contribution >= 0.6 is 11.6 Å². The molecule has 0 fully saturated rings. The van der Waals surface area contributed by atoms with Gasteiger partial charge in [-0.15, -0.1) is 0 Å². The first-order valence-electron chi connectivity index (χ1n) is 9.32. The van der Waals surface area contributed by atoms with E-state index in [2.05, 4.69) is 15.3 Å². The zero-order valence-electron chi connectivity index (χ0n) is 16.2. The van der Waals surface area contributed by atoms with Gasteiger partial charge in [0.1, 0.15) is 11.5 Å². The molecule has 0 bridgehead atoms. The average Bonchev–Trinajstić information content (AvgIpc) is 2.77. The average molecular weight is 455 g/mol. The number of carbonyl (C=O) groups excluding carboxylic acids is 1. The summed E-state index contributed by atoms with van der Waals surface area (Å²) in [5.74, 6) is -3.21. The summed E-state index contributed by atoms with van der Waals surface area (Å²) in [5, 5.41) is 4.89. The van der Waals surface area contributed by atoms with E-state index in [0.29, 0.717) is 34.2 Å². The van der Waals surface area contributed by atoms with Gasteiger partial charge in [-0.25, -0.2) is 27.9 Å². The van der Waals surface area contributed by atoms with Gasteiger partial charge in [-0.05, 0) is 6.07 Å². The Labute approximate surface area is 185 Å². The Kier molecular flexibility index (Phi) is 6.04. The van der Waals surface area contributed by atoms with Gasteiger partial charge in [-0.1, -0.05) is 60.1 Å². The first kappa shape index (κ1) is 21.3. The Morgan fingerprint density at radius 3 is 2.22 bits per heavy atom. The molecule has 3 aromatic carbocycles. The quantitative estimate of drug-likeness (QED) is 0.368. The van der Waals surface area contributed by atoms with E-state index in [-0.39, 0.29) is 5.69 Å². The molecule has 1 heterocycles. The van der Waals surface area contributed by atoms with Crippen LogP contribution < -0.4 is 10.6 Å². The van der Waals surface area contributed by atoms with Gasteiger partial charge < -0.3 is 10.6 Å². The molecule has 1 aromatic heterocycles. The minimum absolute atomic E-state index is 0.151. The molecule has 0 aliphatic rings. The molecule has 160 valence electrons. The molecule has 0 aliphatic heterocycles. The molecule has 0 saturated carbocycles. The van der Waals surface area contributed by atoms with Crippen LogP contribution in [0.15, 0.2) is 72.9 Å². The molecule has 2 amide bonds. The fraction of sp³-hybridized carbons (Fsp3) is 0. The summed E-state index contributed by atoms with van der Waals surface area (Å²) in [6.07, 6.45) is 1.37. The third-order valence-corrected chi connectivity index (χ3v) is 4.77. The molecule has 0 saturated heterocycles. The lowest BCUT2D eigenvalue weighted by atomic mass is 10.1. The summed E-state index contributed by atoms with van der Waals surface area (Å²) < 4.78 is 40.9. The van der Waals surface area contributed by atoms with Crippen LogP contribution in [-0.4, -0.2) is 16.0 Å². The van der Waals surface area contributed by atoms with E-state index in [9.17, 15) is 18.0 Å². The number of aromatic nitrogens is 2. The highest BCUT2D eigenvalue weighted by atomic mass is 35.5. The zero-order chi connectivity index (χ0) is 22.7. The highest BCUT2D eigenvalue weighted by Crippen LogP contribution is 2.33.